The number of hydrogen-bond acceptors (Lipinski definition) is 2. The lowest BCUT2D eigenvalue weighted by atomic mass is 10.1. The highest BCUT2D eigenvalue weighted by Crippen LogP contribution is 2.27. The largest absolute Gasteiger partial charge is 0.345 e. The predicted octanol–water partition coefficient (Wildman–Crippen LogP) is 4.16. The zero-order chi connectivity index (χ0) is 16.4. The fraction of sp³-hybridized carbons (Fsp3) is 0.286. The van der Waals surface area contributed by atoms with Gasteiger partial charge < -0.3 is 5.32 Å². The molecule has 1 atom stereocenters. The number of halogens is 4. The van der Waals surface area contributed by atoms with Crippen molar-refractivity contribution in [3.05, 3.63) is 51.3 Å². The molecule has 0 bridgehead atoms. The first-order valence-electron chi connectivity index (χ1n) is 6.37. The molecule has 0 saturated heterocycles. The molecule has 1 N–H and O–H groups in total. The summed E-state index contributed by atoms with van der Waals surface area (Å²) in [6.07, 6.45) is -1.57. The lowest BCUT2D eigenvalue weighted by Crippen LogP contribution is -2.27. The second-order valence-corrected chi connectivity index (χ2v) is 5.61. The highest BCUT2D eigenvalue weighted by atomic mass is 35.5. The number of nitrogens with one attached hydrogen (secondary N) is 1. The van der Waals surface area contributed by atoms with Gasteiger partial charge in [0.25, 0.3) is 12.3 Å². The van der Waals surface area contributed by atoms with E-state index < -0.39 is 24.1 Å². The van der Waals surface area contributed by atoms with E-state index in [2.05, 4.69) is 10.4 Å². The van der Waals surface area contributed by atoms with E-state index in [-0.39, 0.29) is 5.56 Å². The number of rotatable bonds is 4. The zero-order valence-electron chi connectivity index (χ0n) is 11.8. The van der Waals surface area contributed by atoms with Gasteiger partial charge in [-0.25, -0.2) is 8.78 Å². The summed E-state index contributed by atoms with van der Waals surface area (Å²) in [5.74, 6) is -0.637. The molecule has 0 aliphatic rings. The van der Waals surface area contributed by atoms with Crippen LogP contribution in [0.2, 0.25) is 10.0 Å². The van der Waals surface area contributed by atoms with E-state index in [1.807, 2.05) is 0 Å². The van der Waals surface area contributed by atoms with Crippen LogP contribution in [0.25, 0.3) is 0 Å². The summed E-state index contributed by atoms with van der Waals surface area (Å²) in [5, 5.41) is 7.09. The van der Waals surface area contributed by atoms with Gasteiger partial charge in [-0.3, -0.25) is 9.48 Å². The van der Waals surface area contributed by atoms with E-state index in [1.165, 1.54) is 17.9 Å². The van der Waals surface area contributed by atoms with Gasteiger partial charge in [0.15, 0.2) is 0 Å². The molecule has 1 amide bonds. The molecule has 0 radical (unpaired) electrons. The van der Waals surface area contributed by atoms with Crippen LogP contribution in [-0.4, -0.2) is 15.7 Å². The van der Waals surface area contributed by atoms with E-state index in [1.54, 1.807) is 25.1 Å². The molecule has 2 rings (SSSR count). The van der Waals surface area contributed by atoms with Gasteiger partial charge in [0.2, 0.25) is 0 Å². The summed E-state index contributed by atoms with van der Waals surface area (Å²) in [6, 6.07) is 4.39. The number of hydrogen-bond donors (Lipinski definition) is 1. The van der Waals surface area contributed by atoms with Crippen molar-refractivity contribution in [2.75, 3.05) is 0 Å². The Bertz CT molecular complexity index is 703. The topological polar surface area (TPSA) is 46.9 Å². The van der Waals surface area contributed by atoms with Gasteiger partial charge in [-0.2, -0.15) is 5.10 Å². The second kappa shape index (κ2) is 6.62. The van der Waals surface area contributed by atoms with Crippen LogP contribution < -0.4 is 5.32 Å². The number of alkyl halides is 2. The van der Waals surface area contributed by atoms with Crippen molar-refractivity contribution < 1.29 is 13.6 Å². The van der Waals surface area contributed by atoms with Crippen molar-refractivity contribution in [3.63, 3.8) is 0 Å². The zero-order valence-corrected chi connectivity index (χ0v) is 13.3. The minimum absolute atomic E-state index is 0.158. The first-order valence-corrected chi connectivity index (χ1v) is 7.12. The van der Waals surface area contributed by atoms with E-state index in [0.29, 0.717) is 15.6 Å². The van der Waals surface area contributed by atoms with Crippen molar-refractivity contribution in [2.45, 2.75) is 19.4 Å². The number of amides is 1. The molecule has 1 aromatic carbocycles. The summed E-state index contributed by atoms with van der Waals surface area (Å²) in [4.78, 5) is 12.2. The molecule has 0 saturated carbocycles. The van der Waals surface area contributed by atoms with E-state index >= 15 is 0 Å². The molecule has 0 spiro atoms. The van der Waals surface area contributed by atoms with Gasteiger partial charge in [-0.05, 0) is 24.6 Å². The molecule has 2 aromatic rings. The molecule has 0 fully saturated rings. The van der Waals surface area contributed by atoms with Gasteiger partial charge in [0.05, 0.1) is 11.6 Å². The van der Waals surface area contributed by atoms with Crippen LogP contribution in [0.4, 0.5) is 8.78 Å². The lowest BCUT2D eigenvalue weighted by molar-refractivity contribution is 0.0925. The van der Waals surface area contributed by atoms with Crippen LogP contribution in [-0.2, 0) is 7.05 Å². The number of aryl methyl sites for hydroxylation is 1. The average Bonchev–Trinajstić information content (AvgIpc) is 2.81. The van der Waals surface area contributed by atoms with Crippen molar-refractivity contribution in [3.8, 4) is 0 Å². The molecule has 1 heterocycles. The summed E-state index contributed by atoms with van der Waals surface area (Å²) in [6.45, 7) is 1.70. The van der Waals surface area contributed by atoms with Crippen LogP contribution in [0.5, 0.6) is 0 Å². The Morgan fingerprint density at radius 1 is 1.36 bits per heavy atom. The second-order valence-electron chi connectivity index (χ2n) is 4.76. The number of nitrogens with zero attached hydrogens (tertiary/aromatic N) is 2. The van der Waals surface area contributed by atoms with Crippen LogP contribution in [0.3, 0.4) is 0 Å². The van der Waals surface area contributed by atoms with Gasteiger partial charge >= 0.3 is 0 Å². The first-order chi connectivity index (χ1) is 10.3. The molecular formula is C14H13Cl2F2N3O. The summed E-state index contributed by atoms with van der Waals surface area (Å²) >= 11 is 11.9. The van der Waals surface area contributed by atoms with Crippen molar-refractivity contribution in [2.24, 2.45) is 7.05 Å². The fourth-order valence-corrected chi connectivity index (χ4v) is 2.62. The van der Waals surface area contributed by atoms with Gasteiger partial charge in [-0.15, -0.1) is 0 Å². The fourth-order valence-electron chi connectivity index (χ4n) is 2.05. The maximum atomic E-state index is 12.9. The van der Waals surface area contributed by atoms with E-state index in [9.17, 15) is 13.6 Å². The molecule has 4 nitrogen and oxygen atoms in total. The number of aromatic nitrogens is 2. The third-order valence-electron chi connectivity index (χ3n) is 3.09. The third-order valence-corrected chi connectivity index (χ3v) is 3.65. The summed E-state index contributed by atoms with van der Waals surface area (Å²) < 4.78 is 26.9. The maximum absolute atomic E-state index is 12.9. The Morgan fingerprint density at radius 2 is 2.05 bits per heavy atom. The SMILES string of the molecule is CC(NC(=O)c1cn(C)nc1C(F)F)c1ccc(Cl)cc1Cl. The molecule has 1 unspecified atom stereocenters. The monoisotopic (exact) mass is 347 g/mol. The number of carbonyl (C=O) groups excluding carboxylic acids is 1. The standard InChI is InChI=1S/C14H13Cl2F2N3O/c1-7(9-4-3-8(15)5-11(9)16)19-14(22)10-6-21(2)20-12(10)13(17)18/h3-7,13H,1-2H3,(H,19,22). The molecule has 22 heavy (non-hydrogen) atoms. The number of carbonyl (C=O) groups is 1. The van der Waals surface area contributed by atoms with Crippen LogP contribution in [0.15, 0.2) is 24.4 Å². The van der Waals surface area contributed by atoms with E-state index in [0.717, 1.165) is 0 Å². The third kappa shape index (κ3) is 3.56. The molecule has 118 valence electrons. The Morgan fingerprint density at radius 3 is 2.64 bits per heavy atom. The smallest absolute Gasteiger partial charge is 0.282 e. The average molecular weight is 348 g/mol. The van der Waals surface area contributed by atoms with Gasteiger partial charge in [-0.1, -0.05) is 29.3 Å². The summed E-state index contributed by atoms with van der Waals surface area (Å²) in [5.41, 5.74) is -0.0641. The predicted molar refractivity (Wildman–Crippen MR) is 80.5 cm³/mol. The molecule has 0 aliphatic carbocycles. The molecule has 8 heteroatoms. The molecule has 0 aliphatic heterocycles. The highest BCUT2D eigenvalue weighted by molar-refractivity contribution is 6.35. The van der Waals surface area contributed by atoms with Crippen molar-refractivity contribution in [1.82, 2.24) is 15.1 Å². The Labute approximate surface area is 136 Å². The quantitative estimate of drug-likeness (QED) is 0.902. The minimum Gasteiger partial charge on any atom is -0.345 e. The lowest BCUT2D eigenvalue weighted by Gasteiger charge is -2.16. The van der Waals surface area contributed by atoms with Crippen LogP contribution >= 0.6 is 23.2 Å². The Kier molecular flexibility index (Phi) is 5.03. The van der Waals surface area contributed by atoms with Crippen molar-refractivity contribution >= 4 is 29.1 Å². The molecular weight excluding hydrogens is 335 g/mol. The first kappa shape index (κ1) is 16.7. The Balaban J connectivity index is 2.21. The Hall–Kier alpha value is -1.66. The van der Waals surface area contributed by atoms with Gasteiger partial charge in [0, 0.05) is 23.3 Å². The maximum Gasteiger partial charge on any atom is 0.282 e. The van der Waals surface area contributed by atoms with E-state index in [4.69, 9.17) is 23.2 Å². The van der Waals surface area contributed by atoms with Crippen LogP contribution in [0, 0.1) is 0 Å². The molecule has 1 aromatic heterocycles. The van der Waals surface area contributed by atoms with Crippen molar-refractivity contribution in [1.29, 1.82) is 0 Å². The highest BCUT2D eigenvalue weighted by Gasteiger charge is 2.24. The summed E-state index contributed by atoms with van der Waals surface area (Å²) in [7, 11) is 1.47. The minimum atomic E-state index is -2.82. The number of benzene rings is 1. The normalized spacial score (nSPS) is 12.5. The van der Waals surface area contributed by atoms with Crippen LogP contribution in [0.1, 0.15) is 41.0 Å². The van der Waals surface area contributed by atoms with Gasteiger partial charge in [0.1, 0.15) is 5.69 Å².